The van der Waals surface area contributed by atoms with Crippen molar-refractivity contribution < 1.29 is 38.6 Å². The Morgan fingerprint density at radius 2 is 1.78 bits per heavy atom. The first kappa shape index (κ1) is 39.8. The number of aromatic nitrogens is 1. The Kier molecular flexibility index (Phi) is 15.9. The van der Waals surface area contributed by atoms with Crippen LogP contribution in [0.1, 0.15) is 81.9 Å². The number of aliphatic carboxylic acids is 1. The molecule has 5 atom stereocenters. The molecule has 3 heterocycles. The van der Waals surface area contributed by atoms with Crippen LogP contribution >= 0.6 is 34.4 Å². The summed E-state index contributed by atoms with van der Waals surface area (Å²) in [6.07, 6.45) is 4.06. The van der Waals surface area contributed by atoms with Crippen molar-refractivity contribution in [3.63, 3.8) is 0 Å². The largest absolute Gasteiger partial charge is 0.480 e. The predicted octanol–water partition coefficient (Wildman–Crippen LogP) is 4.02. The Labute approximate surface area is 298 Å². The molecule has 4 N–H and O–H groups in total. The molecule has 2 unspecified atom stereocenters. The third kappa shape index (κ3) is 12.3. The monoisotopic (exact) mass is 735 g/mol. The second kappa shape index (κ2) is 19.6. The highest BCUT2D eigenvalue weighted by Gasteiger charge is 2.31. The Morgan fingerprint density at radius 3 is 2.37 bits per heavy atom. The van der Waals surface area contributed by atoms with Gasteiger partial charge < -0.3 is 25.8 Å². The zero-order valence-corrected chi connectivity index (χ0v) is 30.8. The summed E-state index contributed by atoms with van der Waals surface area (Å²) in [5.74, 6) is -3.49. The lowest BCUT2D eigenvalue weighted by molar-refractivity contribution is -0.147. The zero-order valence-electron chi connectivity index (χ0n) is 28.3. The van der Waals surface area contributed by atoms with E-state index in [1.165, 1.54) is 52.5 Å². The van der Waals surface area contributed by atoms with Gasteiger partial charge in [0, 0.05) is 49.2 Å². The molecule has 4 amide bonds. The van der Waals surface area contributed by atoms with Crippen LogP contribution in [0, 0.1) is 11.8 Å². The number of rotatable bonds is 21. The molecule has 268 valence electrons. The Balaban J connectivity index is 1.67. The highest BCUT2D eigenvalue weighted by atomic mass is 32.2. The van der Waals surface area contributed by atoms with Crippen LogP contribution in [-0.2, 0) is 28.7 Å². The number of carboxylic acid groups (broad SMARTS) is 1. The van der Waals surface area contributed by atoms with Gasteiger partial charge in [-0.2, -0.15) is 0 Å². The molecular weight excluding hydrogens is 691 g/mol. The number of thiophene rings is 1. The van der Waals surface area contributed by atoms with E-state index >= 15 is 0 Å². The summed E-state index contributed by atoms with van der Waals surface area (Å²) in [6.45, 7) is 9.90. The molecule has 0 aromatic carbocycles. The number of carbonyl (C=O) groups is 6. The molecule has 0 saturated heterocycles. The van der Waals surface area contributed by atoms with Crippen LogP contribution < -0.4 is 16.0 Å². The van der Waals surface area contributed by atoms with E-state index in [-0.39, 0.29) is 41.1 Å². The Bertz CT molecular complexity index is 1460. The van der Waals surface area contributed by atoms with Gasteiger partial charge in [0.25, 0.3) is 17.7 Å². The lowest BCUT2D eigenvalue weighted by Gasteiger charge is -2.26. The van der Waals surface area contributed by atoms with Crippen molar-refractivity contribution >= 4 is 70.0 Å². The molecule has 49 heavy (non-hydrogen) atoms. The number of ether oxygens (including phenoxy) is 1. The van der Waals surface area contributed by atoms with Gasteiger partial charge in [0.15, 0.2) is 6.10 Å². The third-order valence-corrected chi connectivity index (χ3v) is 11.2. The zero-order chi connectivity index (χ0) is 36.1. The molecule has 0 aliphatic carbocycles. The molecule has 1 aliphatic rings. The van der Waals surface area contributed by atoms with Crippen molar-refractivity contribution in [2.24, 2.45) is 11.8 Å². The number of esters is 1. The number of thiazole rings is 1. The van der Waals surface area contributed by atoms with E-state index in [1.807, 2.05) is 38.3 Å². The molecule has 0 spiro atoms. The van der Waals surface area contributed by atoms with E-state index in [4.69, 9.17) is 4.74 Å². The fourth-order valence-corrected chi connectivity index (χ4v) is 7.63. The van der Waals surface area contributed by atoms with E-state index < -0.39 is 41.9 Å². The van der Waals surface area contributed by atoms with Gasteiger partial charge in [-0.3, -0.25) is 28.9 Å². The number of unbranched alkanes of at least 4 members (excludes halogenated alkanes) is 1. The van der Waals surface area contributed by atoms with E-state index in [9.17, 15) is 33.9 Å². The molecule has 3 rings (SSSR count). The van der Waals surface area contributed by atoms with Gasteiger partial charge in [-0.15, -0.1) is 34.4 Å². The summed E-state index contributed by atoms with van der Waals surface area (Å²) >= 11 is 4.02. The van der Waals surface area contributed by atoms with Gasteiger partial charge in [-0.25, -0.2) is 9.78 Å². The van der Waals surface area contributed by atoms with Crippen molar-refractivity contribution in [1.29, 1.82) is 0 Å². The summed E-state index contributed by atoms with van der Waals surface area (Å²) < 4.78 is 6.59. The highest BCUT2D eigenvalue weighted by molar-refractivity contribution is 8.01. The minimum Gasteiger partial charge on any atom is -0.480 e. The van der Waals surface area contributed by atoms with Crippen LogP contribution in [0.2, 0.25) is 0 Å². The minimum atomic E-state index is -1.15. The maximum absolute atomic E-state index is 13.4. The van der Waals surface area contributed by atoms with Crippen molar-refractivity contribution in [1.82, 2.24) is 25.8 Å². The second-order valence-electron chi connectivity index (χ2n) is 12.1. The summed E-state index contributed by atoms with van der Waals surface area (Å²) in [5.41, 5.74) is 0.0438. The molecule has 0 radical (unpaired) electrons. The molecular formula is C33H45N5O8S3. The number of carboxylic acids is 1. The SMILES string of the molecule is CCC(C)C(NC(=O)[C@H](CSc1cccs1)NC(=O)c1csc([C@@H](C[C@@H](NCCCCN2C(=O)C=CC2=O)C(C)C)OC(C)=O)n1)C(=O)O. The summed E-state index contributed by atoms with van der Waals surface area (Å²) in [5, 5.41) is 22.4. The smallest absolute Gasteiger partial charge is 0.326 e. The lowest BCUT2D eigenvalue weighted by Crippen LogP contribution is -2.54. The first-order valence-corrected chi connectivity index (χ1v) is 18.9. The number of hydrogen-bond acceptors (Lipinski definition) is 12. The van der Waals surface area contributed by atoms with Gasteiger partial charge in [0.05, 0.1) is 4.21 Å². The molecule has 0 saturated carbocycles. The molecule has 13 nitrogen and oxygen atoms in total. The van der Waals surface area contributed by atoms with Crippen molar-refractivity contribution in [3.8, 4) is 0 Å². The number of thioether (sulfide) groups is 1. The van der Waals surface area contributed by atoms with E-state index in [2.05, 4.69) is 20.9 Å². The molecule has 2 aromatic heterocycles. The average molecular weight is 736 g/mol. The molecule has 16 heteroatoms. The molecule has 0 fully saturated rings. The summed E-state index contributed by atoms with van der Waals surface area (Å²) in [4.78, 5) is 80.0. The van der Waals surface area contributed by atoms with Crippen molar-refractivity contribution in [2.45, 2.75) is 88.7 Å². The van der Waals surface area contributed by atoms with Crippen LogP contribution in [0.4, 0.5) is 0 Å². The number of imide groups is 1. The first-order chi connectivity index (χ1) is 23.3. The second-order valence-corrected chi connectivity index (χ2v) is 15.2. The highest BCUT2D eigenvalue weighted by Crippen LogP contribution is 2.29. The molecule has 2 aromatic rings. The van der Waals surface area contributed by atoms with E-state index in [0.29, 0.717) is 43.8 Å². The molecule has 0 bridgehead atoms. The number of nitrogens with zero attached hydrogens (tertiary/aromatic N) is 2. The van der Waals surface area contributed by atoms with Crippen LogP contribution in [0.25, 0.3) is 0 Å². The number of nitrogens with one attached hydrogen (secondary N) is 3. The van der Waals surface area contributed by atoms with Crippen LogP contribution in [0.3, 0.4) is 0 Å². The number of amides is 4. The topological polar surface area (TPSA) is 184 Å². The average Bonchev–Trinajstić information content (AvgIpc) is 3.82. The quantitative estimate of drug-likeness (QED) is 0.0629. The lowest BCUT2D eigenvalue weighted by atomic mass is 9.97. The van der Waals surface area contributed by atoms with E-state index in [0.717, 1.165) is 15.5 Å². The van der Waals surface area contributed by atoms with Crippen molar-refractivity contribution in [3.05, 3.63) is 45.7 Å². The maximum Gasteiger partial charge on any atom is 0.326 e. The standard InChI is InChI=1S/C33H45N5O8S3/c1-6-20(4)29(33(44)45)37-31(43)23(17-48-28-10-9-15-47-28)35-30(42)24-18-49-32(36-24)25(46-21(5)39)16-22(19(2)3)34-13-7-8-14-38-26(40)11-12-27(38)41/h9-12,15,18-20,22-23,25,29,34H,6-8,13-14,16-17H2,1-5H3,(H,35,42)(H,37,43)(H,44,45)/t20?,22-,23+,25-,29?/m1/s1. The number of hydrogen-bond donors (Lipinski definition) is 4. The Hall–Kier alpha value is -3.60. The van der Waals surface area contributed by atoms with Gasteiger partial charge in [-0.05, 0) is 42.7 Å². The fourth-order valence-electron chi connectivity index (χ4n) is 4.96. The Morgan fingerprint density at radius 1 is 1.06 bits per heavy atom. The summed E-state index contributed by atoms with van der Waals surface area (Å²) in [7, 11) is 0. The third-order valence-electron chi connectivity index (χ3n) is 8.01. The van der Waals surface area contributed by atoms with Gasteiger partial charge in [0.2, 0.25) is 5.91 Å². The summed E-state index contributed by atoms with van der Waals surface area (Å²) in [6, 6.07) is 1.52. The predicted molar refractivity (Wildman–Crippen MR) is 188 cm³/mol. The van der Waals surface area contributed by atoms with Crippen LogP contribution in [0.5, 0.6) is 0 Å². The van der Waals surface area contributed by atoms with Gasteiger partial charge in [0.1, 0.15) is 22.8 Å². The van der Waals surface area contributed by atoms with Gasteiger partial charge in [-0.1, -0.05) is 40.2 Å². The number of carbonyl (C=O) groups excluding carboxylic acids is 5. The maximum atomic E-state index is 13.4. The van der Waals surface area contributed by atoms with Gasteiger partial charge >= 0.3 is 11.9 Å². The first-order valence-electron chi connectivity index (χ1n) is 16.2. The van der Waals surface area contributed by atoms with E-state index in [1.54, 1.807) is 6.92 Å². The minimum absolute atomic E-state index is 0.0438. The fraction of sp³-hybridized carbons (Fsp3) is 0.545. The molecule has 1 aliphatic heterocycles. The van der Waals surface area contributed by atoms with Crippen LogP contribution in [-0.4, -0.2) is 87.5 Å². The normalized spacial score (nSPS) is 15.9. The van der Waals surface area contributed by atoms with Crippen LogP contribution in [0.15, 0.2) is 39.3 Å². The van der Waals surface area contributed by atoms with Crippen molar-refractivity contribution in [2.75, 3.05) is 18.8 Å².